The normalized spacial score (nSPS) is 25.5. The summed E-state index contributed by atoms with van der Waals surface area (Å²) < 4.78 is 76.7. The predicted octanol–water partition coefficient (Wildman–Crippen LogP) is 2.39. The van der Waals surface area contributed by atoms with E-state index in [0.717, 1.165) is 117 Å². The van der Waals surface area contributed by atoms with Crippen molar-refractivity contribution in [2.75, 3.05) is 39.6 Å². The SMILES string of the molecule is CCCCCCCCCCNCCN(C(=O)CCC(P(=O)(O)O)P(=O)(O)O)[C@@]1(C)C[C@H](O[C@H]2[C@H](Oc3c4cc5cc3Oc3ccc(cc3Cl)[C@@H](O)[C@@H](NC(=O)[C@@H](CC(C)C)NC)C(=O)N[C@@H](CC(N)=O)C(=O)N[C@H]5C(=O)N[C@H]3C(=O)N[C@H](C(=O)N[C@H](C(=O)O)c5cc(O)c(CNCP(=O)(O)O)c(O)c5-c5cc3ccc5O)[C@H](O)c3ccc(c(Cl)c3)O4)O[C@H](CO)[C@@H](O)[C@@H]2O)O[C@@H](C)[C@H]1O. The molecule has 0 aromatic heterocycles. The van der Waals surface area contributed by atoms with Crippen molar-refractivity contribution in [2.45, 2.75) is 239 Å². The van der Waals surface area contributed by atoms with Gasteiger partial charge in [0.1, 0.15) is 95.6 Å². The number of phenolic OH excluding ortho intramolecular Hbond substituents is 3. The highest BCUT2D eigenvalue weighted by Crippen LogP contribution is 2.62. The number of carbonyl (C=O) groups excluding carboxylic acids is 8. The minimum atomic E-state index is -5.62. The first kappa shape index (κ1) is 107. The van der Waals surface area contributed by atoms with Crippen LogP contribution in [-0.2, 0) is 77.6 Å². The molecule has 0 aliphatic carbocycles. The number of unbranched alkanes of at least 4 members (excludes halogenated alkanes) is 7. The zero-order chi connectivity index (χ0) is 98.7. The number of benzene rings is 5. The lowest BCUT2D eigenvalue weighted by atomic mass is 9.82. The number of primary amides is 1. The second-order valence-corrected chi connectivity index (χ2v) is 40.5. The Bertz CT molecular complexity index is 5260. The van der Waals surface area contributed by atoms with E-state index < -0.39 is 331 Å². The lowest BCUT2D eigenvalue weighted by Gasteiger charge is -2.52. The van der Waals surface area contributed by atoms with E-state index in [-0.39, 0.29) is 31.0 Å². The Labute approximate surface area is 777 Å². The Balaban J connectivity index is 1.19. The summed E-state index contributed by atoms with van der Waals surface area (Å²) in [7, 11) is -14.7. The van der Waals surface area contributed by atoms with Crippen LogP contribution in [0.1, 0.15) is 182 Å². The van der Waals surface area contributed by atoms with Crippen LogP contribution in [0.25, 0.3) is 11.1 Å². The van der Waals surface area contributed by atoms with Crippen molar-refractivity contribution in [3.05, 3.63) is 116 Å². The number of aliphatic carboxylic acids is 1. The first-order chi connectivity index (χ1) is 63.0. The fraction of sp³-hybridized carbons (Fsp3) is 0.536. The summed E-state index contributed by atoms with van der Waals surface area (Å²) in [4.78, 5) is 196. The summed E-state index contributed by atoms with van der Waals surface area (Å²) in [5, 5.41) is 139. The summed E-state index contributed by atoms with van der Waals surface area (Å²) in [6.45, 7) is 6.58. The average Bonchev–Trinajstić information content (AvgIpc) is 0.772. The van der Waals surface area contributed by atoms with Gasteiger partial charge in [0, 0.05) is 49.2 Å². The van der Waals surface area contributed by atoms with E-state index in [1.165, 1.54) is 20.9 Å². The molecule has 2 saturated heterocycles. The highest BCUT2D eigenvalue weighted by Gasteiger charge is 2.55. The first-order valence-electron chi connectivity index (χ1n) is 43.0. The number of aromatic hydroxyl groups is 3. The number of carbonyl (C=O) groups is 9. The van der Waals surface area contributed by atoms with Gasteiger partial charge in [-0.1, -0.05) is 107 Å². The Morgan fingerprint density at radius 1 is 0.679 bits per heavy atom. The number of rotatable bonds is 35. The molecule has 7 heterocycles. The topological polar surface area (TPSA) is 721 Å². The van der Waals surface area contributed by atoms with Gasteiger partial charge < -0.3 is 167 Å². The van der Waals surface area contributed by atoms with E-state index in [0.29, 0.717) is 19.0 Å². The van der Waals surface area contributed by atoms with Gasteiger partial charge in [-0.15, -0.1) is 0 Å². The number of nitrogens with zero attached hydrogens (tertiary/aromatic N) is 1. The number of likely N-dealkylation sites (N-methyl/N-ethyl adjacent to an activating group) is 1. The lowest BCUT2D eigenvalue weighted by Crippen LogP contribution is -2.67. The number of nitrogens with one attached hydrogen (secondary N) is 9. The molecule has 45 nitrogen and oxygen atoms in total. The van der Waals surface area contributed by atoms with Crippen LogP contribution in [-0.4, -0.2) is 262 Å². The van der Waals surface area contributed by atoms with Crippen molar-refractivity contribution in [3.63, 3.8) is 0 Å². The van der Waals surface area contributed by atoms with E-state index in [1.54, 1.807) is 13.8 Å². The number of aliphatic hydroxyl groups is 6. The van der Waals surface area contributed by atoms with Crippen LogP contribution < -0.4 is 67.8 Å². The third kappa shape index (κ3) is 26.1. The number of carboxylic acid groups (broad SMARTS) is 1. The van der Waals surface area contributed by atoms with E-state index in [1.807, 2.05) is 0 Å². The molecule has 5 aromatic rings. The Kier molecular flexibility index (Phi) is 36.4. The Morgan fingerprint density at radius 2 is 1.27 bits per heavy atom. The van der Waals surface area contributed by atoms with Gasteiger partial charge in [0.15, 0.2) is 35.3 Å². The molecule has 134 heavy (non-hydrogen) atoms. The van der Waals surface area contributed by atoms with Crippen molar-refractivity contribution in [2.24, 2.45) is 11.7 Å². The van der Waals surface area contributed by atoms with Crippen LogP contribution in [0.5, 0.6) is 46.0 Å². The molecule has 50 heteroatoms. The molecule has 0 saturated carbocycles. The van der Waals surface area contributed by atoms with E-state index in [9.17, 15) is 113 Å². The number of phenols is 3. The zero-order valence-electron chi connectivity index (χ0n) is 73.5. The molecule has 0 spiro atoms. The van der Waals surface area contributed by atoms with Crippen LogP contribution >= 0.6 is 46.0 Å². The molecule has 7 aliphatic rings. The first-order valence-corrected chi connectivity index (χ1v) is 49.0. The van der Waals surface area contributed by atoms with Crippen LogP contribution in [0.2, 0.25) is 10.0 Å². The van der Waals surface area contributed by atoms with Crippen molar-refractivity contribution in [1.82, 2.24) is 52.8 Å². The molecule has 12 rings (SSSR count). The molecule has 27 N–H and O–H groups in total. The molecule has 11 bridgehead atoms. The molecule has 5 aromatic carbocycles. The number of hydrogen-bond acceptors (Lipinski definition) is 30. The molecular formula is C84H114Cl2N11O34P3. The summed E-state index contributed by atoms with van der Waals surface area (Å²) in [6.07, 6.45) is -17.2. The Hall–Kier alpha value is -9.32. The molecule has 738 valence electrons. The fourth-order valence-corrected chi connectivity index (χ4v) is 19.9. The van der Waals surface area contributed by atoms with Crippen LogP contribution in [0.3, 0.4) is 0 Å². The molecule has 2 fully saturated rings. The van der Waals surface area contributed by atoms with Gasteiger partial charge in [-0.25, -0.2) is 4.79 Å². The second kappa shape index (κ2) is 45.8. The number of nitrogens with two attached hydrogens (primary N) is 1. The summed E-state index contributed by atoms with van der Waals surface area (Å²) in [6, 6.07) is -3.68. The van der Waals surface area contributed by atoms with Gasteiger partial charge >= 0.3 is 28.8 Å². The molecule has 0 unspecified atom stereocenters. The van der Waals surface area contributed by atoms with Gasteiger partial charge in [0.05, 0.1) is 52.6 Å². The van der Waals surface area contributed by atoms with Gasteiger partial charge in [0.25, 0.3) is 0 Å². The predicted molar refractivity (Wildman–Crippen MR) is 473 cm³/mol. The van der Waals surface area contributed by atoms with Gasteiger partial charge in [0.2, 0.25) is 59.3 Å². The summed E-state index contributed by atoms with van der Waals surface area (Å²) >= 11 is 14.3. The average molecular weight is 1990 g/mol. The number of amides is 8. The highest BCUT2D eigenvalue weighted by atomic mass is 35.5. The maximum atomic E-state index is 16.4. The second-order valence-electron chi connectivity index (χ2n) is 34.0. The largest absolute Gasteiger partial charge is 0.507 e. The van der Waals surface area contributed by atoms with Crippen molar-refractivity contribution >= 4 is 99.2 Å². The Morgan fingerprint density at radius 3 is 1.84 bits per heavy atom. The number of halogens is 2. The number of ether oxygens (including phenoxy) is 6. The number of carboxylic acids is 1. The van der Waals surface area contributed by atoms with E-state index in [4.69, 9.17) is 57.4 Å². The summed E-state index contributed by atoms with van der Waals surface area (Å²) in [5.41, 5.74) is -0.708. The van der Waals surface area contributed by atoms with Crippen LogP contribution in [0.15, 0.2) is 72.8 Å². The standard InChI is InChI=1S/C84H114Cl2N11O34P3/c1-7-8-9-10-11-12-13-14-23-89-24-25-97(59(102)21-22-61(133(120,121)122)134(123,124)125)84(5)34-60(126-39(4)75(84)108)130-74-72(107)71(106)57(36-98)129-83(74)131-73-55-30-43-31-56(73)128-54-20-17-42(29-48(54)86)69(104)67-81(114)94-65(82(115)116)45-32-52(100)46(35-90-37-132(117,118)119)70(105)62(45)44-27-40(15-18-51(44)99)63(78(111)96-67)93-79(112)64(43)92-77(110)50(33-58(87)101)91-80(113)66(95-76(109)49(88-6)26-38(2)3)68(103)41-16-19-53(127-55)47(85)28-41/h15-20,27-32,38-39,49-50,57,60-61,63-69,71-72,74-75,83,88-90,98-100,103-108H,7-14,21-26,33-37H2,1-6H3,(H2,87,101)(H,91,113)(H,92,110)(H,93,112)(H,94,114)(H,95,109)(H,96,111)(H,115,116)(H2,117,118,119)(H2,120,121,122)(H2,123,124,125)/t39-,49+,50-,57+,60-,63+,64+,65-,66+,67-,68+,69+,71+,72-,74+,75+,83-,84-/m0/s1. The third-order valence-electron chi connectivity index (χ3n) is 23.6. The number of hydrogen-bond donors (Lipinski definition) is 26. The molecule has 8 amide bonds. The van der Waals surface area contributed by atoms with Gasteiger partial charge in [-0.3, -0.25) is 52.1 Å². The maximum Gasteiger partial charge on any atom is 0.340 e. The van der Waals surface area contributed by atoms with E-state index >= 15 is 24.0 Å². The molecular weight excluding hydrogens is 1870 g/mol. The maximum absolute atomic E-state index is 16.4. The quantitative estimate of drug-likeness (QED) is 0.0204. The smallest absolute Gasteiger partial charge is 0.340 e. The van der Waals surface area contributed by atoms with Gasteiger partial charge in [-0.2, -0.15) is 0 Å². The minimum Gasteiger partial charge on any atom is -0.507 e. The zero-order valence-corrected chi connectivity index (χ0v) is 77.7. The van der Waals surface area contributed by atoms with Crippen molar-refractivity contribution < 1.29 is 166 Å². The fourth-order valence-electron chi connectivity index (χ4n) is 16.6. The number of aliphatic hydroxyl groups excluding tert-OH is 6. The van der Waals surface area contributed by atoms with Crippen LogP contribution in [0.4, 0.5) is 0 Å². The van der Waals surface area contributed by atoms with E-state index in [2.05, 4.69) is 54.8 Å². The van der Waals surface area contributed by atoms with Gasteiger partial charge in [-0.05, 0) is 129 Å². The lowest BCUT2D eigenvalue weighted by molar-refractivity contribution is -0.337. The number of fused-ring (bicyclic) bond motifs is 15. The highest BCUT2D eigenvalue weighted by molar-refractivity contribution is 7.70. The monoisotopic (exact) mass is 1980 g/mol. The summed E-state index contributed by atoms with van der Waals surface area (Å²) in [5.74, 6) is -19.3. The third-order valence-corrected chi connectivity index (χ3v) is 28.7. The molecule has 18 atom stereocenters. The van der Waals surface area contributed by atoms with Crippen molar-refractivity contribution in [1.29, 1.82) is 0 Å². The van der Waals surface area contributed by atoms with Crippen LogP contribution in [0, 0.1) is 5.92 Å². The van der Waals surface area contributed by atoms with Crippen molar-refractivity contribution in [3.8, 4) is 57.1 Å². The molecule has 7 aliphatic heterocycles. The molecule has 0 radical (unpaired) electrons. The minimum absolute atomic E-state index is 0.00304.